The van der Waals surface area contributed by atoms with E-state index < -0.39 is 0 Å². The Morgan fingerprint density at radius 2 is 1.96 bits per heavy atom. The minimum atomic E-state index is -0.0310. The van der Waals surface area contributed by atoms with Crippen molar-refractivity contribution in [1.29, 1.82) is 0 Å². The number of nitrogens with one attached hydrogen (secondary N) is 1. The molecule has 1 N–H and O–H groups in total. The SMILES string of the molecule is CCOc1ccc(-c2nc(CC(=O)Nc3ccc4c(c3)CCC4)cs2)cc1. The number of thiazole rings is 1. The zero-order valence-electron chi connectivity index (χ0n) is 15.3. The number of amides is 1. The number of rotatable bonds is 6. The van der Waals surface area contributed by atoms with Crippen LogP contribution in [0.25, 0.3) is 10.6 Å². The third-order valence-corrected chi connectivity index (χ3v) is 5.63. The molecule has 1 amide bonds. The number of hydrogen-bond donors (Lipinski definition) is 1. The van der Waals surface area contributed by atoms with Gasteiger partial charge in [-0.15, -0.1) is 11.3 Å². The Labute approximate surface area is 163 Å². The minimum Gasteiger partial charge on any atom is -0.494 e. The van der Waals surface area contributed by atoms with Crippen LogP contribution >= 0.6 is 11.3 Å². The summed E-state index contributed by atoms with van der Waals surface area (Å²) in [7, 11) is 0. The quantitative estimate of drug-likeness (QED) is 0.665. The number of hydrogen-bond acceptors (Lipinski definition) is 4. The normalized spacial score (nSPS) is 12.6. The first-order valence-electron chi connectivity index (χ1n) is 9.30. The molecule has 0 saturated carbocycles. The second kappa shape index (κ2) is 7.92. The molecule has 0 bridgehead atoms. The molecule has 4 rings (SSSR count). The molecule has 0 fully saturated rings. The fourth-order valence-electron chi connectivity index (χ4n) is 3.40. The minimum absolute atomic E-state index is 0.0310. The van der Waals surface area contributed by atoms with E-state index in [1.54, 1.807) is 11.3 Å². The molecule has 0 unspecified atom stereocenters. The first-order chi connectivity index (χ1) is 13.2. The smallest absolute Gasteiger partial charge is 0.230 e. The first kappa shape index (κ1) is 17.7. The molecule has 138 valence electrons. The second-order valence-corrected chi connectivity index (χ2v) is 7.52. The molecule has 1 aliphatic rings. The fourth-order valence-corrected chi connectivity index (χ4v) is 4.23. The topological polar surface area (TPSA) is 51.2 Å². The lowest BCUT2D eigenvalue weighted by atomic mass is 10.1. The molecule has 0 atom stereocenters. The number of carbonyl (C=O) groups excluding carboxylic acids is 1. The molecule has 0 saturated heterocycles. The number of anilines is 1. The molecule has 4 nitrogen and oxygen atoms in total. The van der Waals surface area contributed by atoms with Crippen LogP contribution < -0.4 is 10.1 Å². The molecule has 0 spiro atoms. The zero-order valence-corrected chi connectivity index (χ0v) is 16.1. The standard InChI is InChI=1S/C22H22N2O2S/c1-2-26-20-10-7-16(8-11-20)22-24-19(14-27-22)13-21(25)23-18-9-6-15-4-3-5-17(15)12-18/h6-12,14H,2-5,13H2,1H3,(H,23,25). The third kappa shape index (κ3) is 4.19. The largest absolute Gasteiger partial charge is 0.494 e. The number of ether oxygens (including phenoxy) is 1. The highest BCUT2D eigenvalue weighted by Crippen LogP contribution is 2.27. The molecule has 5 heteroatoms. The van der Waals surface area contributed by atoms with Gasteiger partial charge in [0, 0.05) is 16.6 Å². The number of benzene rings is 2. The lowest BCUT2D eigenvalue weighted by Crippen LogP contribution is -2.14. The summed E-state index contributed by atoms with van der Waals surface area (Å²) >= 11 is 1.55. The van der Waals surface area contributed by atoms with Gasteiger partial charge in [-0.05, 0) is 73.7 Å². The molecule has 1 aromatic heterocycles. The Bertz CT molecular complexity index is 947. The molecule has 0 radical (unpaired) electrons. The second-order valence-electron chi connectivity index (χ2n) is 6.66. The maximum Gasteiger partial charge on any atom is 0.230 e. The maximum atomic E-state index is 12.4. The van der Waals surface area contributed by atoms with Crippen LogP contribution in [0.5, 0.6) is 5.75 Å². The molecule has 1 heterocycles. The predicted molar refractivity (Wildman–Crippen MR) is 110 cm³/mol. The Kier molecular flexibility index (Phi) is 5.21. The predicted octanol–water partition coefficient (Wildman–Crippen LogP) is 4.88. The van der Waals surface area contributed by atoms with E-state index in [9.17, 15) is 4.79 Å². The van der Waals surface area contributed by atoms with Crippen LogP contribution in [-0.4, -0.2) is 17.5 Å². The van der Waals surface area contributed by atoms with E-state index in [0.29, 0.717) is 6.61 Å². The number of nitrogens with zero attached hydrogens (tertiary/aromatic N) is 1. The van der Waals surface area contributed by atoms with E-state index in [2.05, 4.69) is 22.4 Å². The van der Waals surface area contributed by atoms with Crippen molar-refractivity contribution in [3.8, 4) is 16.3 Å². The Hall–Kier alpha value is -2.66. The average molecular weight is 378 g/mol. The first-order valence-corrected chi connectivity index (χ1v) is 10.2. The molecule has 27 heavy (non-hydrogen) atoms. The summed E-state index contributed by atoms with van der Waals surface area (Å²) in [5, 5.41) is 5.87. The summed E-state index contributed by atoms with van der Waals surface area (Å²) in [6.45, 7) is 2.62. The number of fused-ring (bicyclic) bond motifs is 1. The van der Waals surface area contributed by atoms with Crippen LogP contribution in [0.2, 0.25) is 0 Å². The van der Waals surface area contributed by atoms with Crippen molar-refractivity contribution in [2.75, 3.05) is 11.9 Å². The molecule has 3 aromatic rings. The van der Waals surface area contributed by atoms with E-state index in [1.165, 1.54) is 17.5 Å². The van der Waals surface area contributed by atoms with Gasteiger partial charge in [-0.3, -0.25) is 4.79 Å². The Morgan fingerprint density at radius 3 is 2.78 bits per heavy atom. The number of aryl methyl sites for hydroxylation is 2. The summed E-state index contributed by atoms with van der Waals surface area (Å²) in [5.41, 5.74) is 5.48. The van der Waals surface area contributed by atoms with Gasteiger partial charge in [-0.2, -0.15) is 0 Å². The van der Waals surface area contributed by atoms with Gasteiger partial charge in [0.15, 0.2) is 0 Å². The van der Waals surface area contributed by atoms with Crippen LogP contribution in [0.1, 0.15) is 30.2 Å². The van der Waals surface area contributed by atoms with E-state index in [0.717, 1.165) is 40.5 Å². The number of carbonyl (C=O) groups is 1. The van der Waals surface area contributed by atoms with Crippen molar-refractivity contribution < 1.29 is 9.53 Å². The highest BCUT2D eigenvalue weighted by Gasteiger charge is 2.13. The van der Waals surface area contributed by atoms with E-state index in [4.69, 9.17) is 4.74 Å². The lowest BCUT2D eigenvalue weighted by molar-refractivity contribution is -0.115. The highest BCUT2D eigenvalue weighted by atomic mass is 32.1. The van der Waals surface area contributed by atoms with Crippen molar-refractivity contribution in [2.45, 2.75) is 32.6 Å². The molecule has 1 aliphatic carbocycles. The van der Waals surface area contributed by atoms with Crippen molar-refractivity contribution in [2.24, 2.45) is 0 Å². The van der Waals surface area contributed by atoms with Crippen molar-refractivity contribution >= 4 is 22.9 Å². The highest BCUT2D eigenvalue weighted by molar-refractivity contribution is 7.13. The van der Waals surface area contributed by atoms with Crippen molar-refractivity contribution in [3.05, 3.63) is 64.7 Å². The fraction of sp³-hybridized carbons (Fsp3) is 0.273. The molecular formula is C22H22N2O2S. The van der Waals surface area contributed by atoms with Gasteiger partial charge < -0.3 is 10.1 Å². The van der Waals surface area contributed by atoms with Gasteiger partial charge in [-0.1, -0.05) is 6.07 Å². The van der Waals surface area contributed by atoms with Crippen molar-refractivity contribution in [3.63, 3.8) is 0 Å². The van der Waals surface area contributed by atoms with Gasteiger partial charge in [0.2, 0.25) is 5.91 Å². The molecule has 2 aromatic carbocycles. The summed E-state index contributed by atoms with van der Waals surface area (Å²) in [5.74, 6) is 0.822. The monoisotopic (exact) mass is 378 g/mol. The van der Waals surface area contributed by atoms with E-state index >= 15 is 0 Å². The molecule has 0 aliphatic heterocycles. The summed E-state index contributed by atoms with van der Waals surface area (Å²) in [6, 6.07) is 14.1. The van der Waals surface area contributed by atoms with Crippen molar-refractivity contribution in [1.82, 2.24) is 4.98 Å². The maximum absolute atomic E-state index is 12.4. The van der Waals surface area contributed by atoms with Crippen LogP contribution in [0.15, 0.2) is 47.8 Å². The van der Waals surface area contributed by atoms with Gasteiger partial charge in [0.1, 0.15) is 10.8 Å². The van der Waals surface area contributed by atoms with Crippen LogP contribution in [0.3, 0.4) is 0 Å². The van der Waals surface area contributed by atoms with Crippen LogP contribution in [0.4, 0.5) is 5.69 Å². The average Bonchev–Trinajstić information content (AvgIpc) is 3.31. The summed E-state index contributed by atoms with van der Waals surface area (Å²) < 4.78 is 5.47. The molecular weight excluding hydrogens is 356 g/mol. The van der Waals surface area contributed by atoms with Crippen LogP contribution in [-0.2, 0) is 24.1 Å². The number of aromatic nitrogens is 1. The Morgan fingerprint density at radius 1 is 1.15 bits per heavy atom. The third-order valence-electron chi connectivity index (χ3n) is 4.69. The Balaban J connectivity index is 1.39. The zero-order chi connectivity index (χ0) is 18.6. The summed E-state index contributed by atoms with van der Waals surface area (Å²) in [6.07, 6.45) is 3.75. The summed E-state index contributed by atoms with van der Waals surface area (Å²) in [4.78, 5) is 17.0. The van der Waals surface area contributed by atoms with Gasteiger partial charge in [-0.25, -0.2) is 4.98 Å². The van der Waals surface area contributed by atoms with Crippen LogP contribution in [0, 0.1) is 0 Å². The van der Waals surface area contributed by atoms with Gasteiger partial charge in [0.05, 0.1) is 18.7 Å². The lowest BCUT2D eigenvalue weighted by Gasteiger charge is -2.06. The van der Waals surface area contributed by atoms with Gasteiger partial charge >= 0.3 is 0 Å². The van der Waals surface area contributed by atoms with E-state index in [1.807, 2.05) is 42.6 Å². The van der Waals surface area contributed by atoms with E-state index in [-0.39, 0.29) is 12.3 Å². The van der Waals surface area contributed by atoms with Gasteiger partial charge in [0.25, 0.3) is 0 Å².